The van der Waals surface area contributed by atoms with Crippen LogP contribution in [0.15, 0.2) is 24.4 Å². The van der Waals surface area contributed by atoms with E-state index in [1.807, 2.05) is 0 Å². The minimum absolute atomic E-state index is 0.0907. The summed E-state index contributed by atoms with van der Waals surface area (Å²) in [7, 11) is 0. The predicted molar refractivity (Wildman–Crippen MR) is 110 cm³/mol. The molecule has 0 bridgehead atoms. The van der Waals surface area contributed by atoms with E-state index in [1.165, 1.54) is 23.3 Å². The van der Waals surface area contributed by atoms with Crippen LogP contribution in [0.1, 0.15) is 29.3 Å². The molecule has 4 rings (SSSR count). The third-order valence-corrected chi connectivity index (χ3v) is 5.50. The summed E-state index contributed by atoms with van der Waals surface area (Å²) in [5.41, 5.74) is 2.25. The van der Waals surface area contributed by atoms with Crippen LogP contribution in [0.3, 0.4) is 0 Å². The highest BCUT2D eigenvalue weighted by atomic mass is 35.5. The highest BCUT2D eigenvalue weighted by Gasteiger charge is 2.24. The van der Waals surface area contributed by atoms with Crippen molar-refractivity contribution < 1.29 is 23.9 Å². The van der Waals surface area contributed by atoms with Crippen molar-refractivity contribution in [3.8, 4) is 0 Å². The number of carbonyl (C=O) groups excluding carboxylic acids is 1. The summed E-state index contributed by atoms with van der Waals surface area (Å²) in [6.45, 7) is 1.75. The summed E-state index contributed by atoms with van der Waals surface area (Å²) < 4.78 is 18.7. The summed E-state index contributed by atoms with van der Waals surface area (Å²) in [6.07, 6.45) is 2.59. The number of anilines is 1. The number of aliphatic hydroxyl groups excluding tert-OH is 1. The van der Waals surface area contributed by atoms with Crippen molar-refractivity contribution in [2.75, 3.05) is 31.7 Å². The van der Waals surface area contributed by atoms with Gasteiger partial charge in [-0.25, -0.2) is 19.2 Å². The highest BCUT2D eigenvalue weighted by Crippen LogP contribution is 2.22. The van der Waals surface area contributed by atoms with Gasteiger partial charge >= 0.3 is 6.09 Å². The molecule has 11 heteroatoms. The Morgan fingerprint density at radius 2 is 2.35 bits per heavy atom. The average Bonchev–Trinajstić information content (AvgIpc) is 3.27. The maximum absolute atomic E-state index is 13.4. The molecular formula is C20H23ClFN5O4. The van der Waals surface area contributed by atoms with Crippen LogP contribution in [-0.4, -0.2) is 58.6 Å². The predicted octanol–water partition coefficient (Wildman–Crippen LogP) is 2.20. The smallest absolute Gasteiger partial charge is 0.394 e. The van der Waals surface area contributed by atoms with Gasteiger partial charge in [-0.3, -0.25) is 0 Å². The van der Waals surface area contributed by atoms with Gasteiger partial charge in [-0.2, -0.15) is 0 Å². The summed E-state index contributed by atoms with van der Waals surface area (Å²) in [6, 6.07) is 3.39. The number of hydroxylamine groups is 2. The summed E-state index contributed by atoms with van der Waals surface area (Å²) in [5, 5.41) is 16.9. The molecule has 2 aliphatic heterocycles. The van der Waals surface area contributed by atoms with E-state index in [2.05, 4.69) is 20.6 Å². The van der Waals surface area contributed by atoms with Crippen LogP contribution in [0.4, 0.5) is 15.1 Å². The largest absolute Gasteiger partial charge is 0.426 e. The van der Waals surface area contributed by atoms with Gasteiger partial charge in [0.1, 0.15) is 5.82 Å². The number of hydrogen-bond acceptors (Lipinski definition) is 8. The van der Waals surface area contributed by atoms with Crippen LogP contribution in [0, 0.1) is 5.82 Å². The summed E-state index contributed by atoms with van der Waals surface area (Å²) in [4.78, 5) is 26.7. The number of nitrogens with one attached hydrogen (secondary N) is 2. The van der Waals surface area contributed by atoms with Gasteiger partial charge < -0.3 is 25.3 Å². The average molecular weight is 452 g/mol. The quantitative estimate of drug-likeness (QED) is 0.613. The number of fused-ring (bicyclic) bond motifs is 1. The van der Waals surface area contributed by atoms with Gasteiger partial charge in [-0.05, 0) is 36.1 Å². The molecule has 1 saturated heterocycles. The molecule has 2 unspecified atom stereocenters. The number of aliphatic hydroxyl groups is 1. The molecule has 1 amide bonds. The zero-order valence-electron chi connectivity index (χ0n) is 16.7. The molecule has 2 aliphatic rings. The monoisotopic (exact) mass is 451 g/mol. The van der Waals surface area contributed by atoms with E-state index in [1.54, 1.807) is 6.20 Å². The first-order valence-electron chi connectivity index (χ1n) is 10.00. The number of benzene rings is 1. The van der Waals surface area contributed by atoms with Crippen molar-refractivity contribution in [2.24, 2.45) is 0 Å². The lowest BCUT2D eigenvalue weighted by molar-refractivity contribution is -0.113. The summed E-state index contributed by atoms with van der Waals surface area (Å²) in [5.74, 6) is -0.0537. The van der Waals surface area contributed by atoms with Gasteiger partial charge in [-0.15, -0.1) is 5.06 Å². The summed E-state index contributed by atoms with van der Waals surface area (Å²) >= 11 is 5.79. The minimum atomic E-state index is -0.783. The van der Waals surface area contributed by atoms with Gasteiger partial charge in [-0.1, -0.05) is 17.7 Å². The molecule has 3 heterocycles. The Labute approximate surface area is 183 Å². The van der Waals surface area contributed by atoms with E-state index in [0.717, 1.165) is 24.3 Å². The van der Waals surface area contributed by atoms with E-state index in [0.29, 0.717) is 37.6 Å². The van der Waals surface area contributed by atoms with E-state index in [4.69, 9.17) is 21.2 Å². The van der Waals surface area contributed by atoms with Gasteiger partial charge in [0.05, 0.1) is 42.6 Å². The number of amides is 1. The molecule has 31 heavy (non-hydrogen) atoms. The molecule has 2 atom stereocenters. The van der Waals surface area contributed by atoms with Crippen molar-refractivity contribution in [2.45, 2.75) is 31.5 Å². The maximum Gasteiger partial charge on any atom is 0.426 e. The van der Waals surface area contributed by atoms with Gasteiger partial charge in [0, 0.05) is 19.3 Å². The third kappa shape index (κ3) is 5.40. The molecule has 1 fully saturated rings. The Bertz CT molecular complexity index is 944. The number of halogens is 2. The molecule has 0 aliphatic carbocycles. The molecule has 9 nitrogen and oxygen atoms in total. The lowest BCUT2D eigenvalue weighted by Crippen LogP contribution is -2.39. The molecule has 1 aromatic carbocycles. The van der Waals surface area contributed by atoms with Gasteiger partial charge in [0.15, 0.2) is 0 Å². The van der Waals surface area contributed by atoms with Crippen LogP contribution in [0.25, 0.3) is 0 Å². The first-order chi connectivity index (χ1) is 15.0. The molecular weight excluding hydrogens is 429 g/mol. The lowest BCUT2D eigenvalue weighted by atomic mass is 10.1. The molecule has 166 valence electrons. The van der Waals surface area contributed by atoms with Crippen LogP contribution >= 0.6 is 11.6 Å². The molecule has 3 N–H and O–H groups in total. The Balaban J connectivity index is 1.35. The number of rotatable bonds is 6. The zero-order chi connectivity index (χ0) is 21.8. The molecule has 0 spiro atoms. The maximum atomic E-state index is 13.4. The van der Waals surface area contributed by atoms with Crippen molar-refractivity contribution in [3.05, 3.63) is 52.1 Å². The second-order valence-corrected chi connectivity index (χ2v) is 7.82. The molecule has 0 saturated carbocycles. The van der Waals surface area contributed by atoms with E-state index >= 15 is 0 Å². The molecule has 2 aromatic rings. The lowest BCUT2D eigenvalue weighted by Gasteiger charge is -2.27. The molecule has 1 aromatic heterocycles. The fraction of sp³-hybridized carbons (Fsp3) is 0.450. The van der Waals surface area contributed by atoms with Crippen molar-refractivity contribution >= 4 is 23.6 Å². The highest BCUT2D eigenvalue weighted by molar-refractivity contribution is 6.30. The number of aromatic nitrogens is 2. The van der Waals surface area contributed by atoms with Crippen molar-refractivity contribution in [1.29, 1.82) is 0 Å². The zero-order valence-corrected chi connectivity index (χ0v) is 17.4. The first-order valence-corrected chi connectivity index (χ1v) is 10.4. The third-order valence-electron chi connectivity index (χ3n) is 5.21. The fourth-order valence-electron chi connectivity index (χ4n) is 3.51. The minimum Gasteiger partial charge on any atom is -0.394 e. The fourth-order valence-corrected chi connectivity index (χ4v) is 3.70. The second kappa shape index (κ2) is 9.73. The van der Waals surface area contributed by atoms with E-state index in [-0.39, 0.29) is 11.1 Å². The van der Waals surface area contributed by atoms with Crippen molar-refractivity contribution in [3.63, 3.8) is 0 Å². The number of carbonyl (C=O) groups is 1. The first kappa shape index (κ1) is 21.7. The van der Waals surface area contributed by atoms with Crippen molar-refractivity contribution in [1.82, 2.24) is 20.3 Å². The number of ether oxygens (including phenoxy) is 1. The number of nitrogens with zero attached hydrogens (tertiary/aromatic N) is 3. The van der Waals surface area contributed by atoms with Crippen LogP contribution < -0.4 is 10.6 Å². The Kier molecular flexibility index (Phi) is 6.81. The normalized spacial score (nSPS) is 19.5. The number of hydrogen-bond donors (Lipinski definition) is 3. The van der Waals surface area contributed by atoms with Crippen LogP contribution in [-0.2, 0) is 22.5 Å². The van der Waals surface area contributed by atoms with E-state index in [9.17, 15) is 14.3 Å². The Morgan fingerprint density at radius 1 is 1.48 bits per heavy atom. The molecule has 0 radical (unpaired) electrons. The standard InChI is InChI=1S/C20H23ClFN5O4/c21-15-7-12(1-2-16(15)22)18(10-28)26-20(29)31-27-5-3-13-8-23-19(25-17(13)9-27)24-14-4-6-30-11-14/h1-2,7-8,14,18,28H,3-6,9-11H2,(H,26,29)(H,23,24,25). The van der Waals surface area contributed by atoms with Crippen LogP contribution in [0.5, 0.6) is 0 Å². The van der Waals surface area contributed by atoms with Crippen LogP contribution in [0.2, 0.25) is 5.02 Å². The Hall–Kier alpha value is -2.53. The Morgan fingerprint density at radius 3 is 3.10 bits per heavy atom. The van der Waals surface area contributed by atoms with E-state index < -0.39 is 24.6 Å². The SMILES string of the molecule is O=C(NC(CO)c1ccc(F)c(Cl)c1)ON1CCc2cnc(NC3CCOC3)nc2C1. The van der Waals surface area contributed by atoms with Gasteiger partial charge in [0.2, 0.25) is 5.95 Å². The topological polar surface area (TPSA) is 109 Å². The van der Waals surface area contributed by atoms with Gasteiger partial charge in [0.25, 0.3) is 0 Å². The second-order valence-electron chi connectivity index (χ2n) is 7.42.